The number of nitrogens with zero attached hydrogens (tertiary/aromatic N) is 1. The Morgan fingerprint density at radius 1 is 1.07 bits per heavy atom. The van der Waals surface area contributed by atoms with Crippen molar-refractivity contribution in [3.05, 3.63) is 93.9 Å². The molecule has 0 fully saturated rings. The molecule has 28 heavy (non-hydrogen) atoms. The van der Waals surface area contributed by atoms with Gasteiger partial charge in [-0.25, -0.2) is 0 Å². The van der Waals surface area contributed by atoms with E-state index in [4.69, 9.17) is 9.57 Å². The Hall–Kier alpha value is -3.54. The zero-order valence-electron chi connectivity index (χ0n) is 15.8. The number of benzene rings is 2. The van der Waals surface area contributed by atoms with E-state index in [9.17, 15) is 9.59 Å². The van der Waals surface area contributed by atoms with Gasteiger partial charge in [-0.15, -0.1) is 0 Å². The predicted octanol–water partition coefficient (Wildman–Crippen LogP) is 3.44. The van der Waals surface area contributed by atoms with Gasteiger partial charge in [0.1, 0.15) is 17.9 Å². The highest BCUT2D eigenvalue weighted by Gasteiger charge is 2.13. The molecule has 0 aliphatic carbocycles. The molecule has 0 bridgehead atoms. The van der Waals surface area contributed by atoms with Gasteiger partial charge < -0.3 is 14.9 Å². The van der Waals surface area contributed by atoms with Crippen LogP contribution in [0.2, 0.25) is 0 Å². The normalized spacial score (nSPS) is 10.4. The maximum Gasteiger partial charge on any atom is 0.295 e. The van der Waals surface area contributed by atoms with Gasteiger partial charge in [0.05, 0.1) is 6.61 Å². The van der Waals surface area contributed by atoms with Gasteiger partial charge in [-0.1, -0.05) is 29.8 Å². The predicted molar refractivity (Wildman–Crippen MR) is 108 cm³/mol. The van der Waals surface area contributed by atoms with E-state index in [0.717, 1.165) is 15.9 Å². The van der Waals surface area contributed by atoms with Crippen LogP contribution >= 0.6 is 0 Å². The van der Waals surface area contributed by atoms with Crippen LogP contribution in [-0.2, 0) is 6.61 Å². The van der Waals surface area contributed by atoms with Crippen LogP contribution in [0.3, 0.4) is 0 Å². The van der Waals surface area contributed by atoms with Crippen LogP contribution in [0.1, 0.15) is 28.4 Å². The lowest BCUT2D eigenvalue weighted by molar-refractivity contribution is 0.0863. The molecule has 0 aliphatic heterocycles. The minimum Gasteiger partial charge on any atom is -0.494 e. The quantitative estimate of drug-likeness (QED) is 0.684. The van der Waals surface area contributed by atoms with Crippen molar-refractivity contribution >= 4 is 11.6 Å². The van der Waals surface area contributed by atoms with Crippen molar-refractivity contribution in [3.63, 3.8) is 0 Å². The molecule has 6 heteroatoms. The number of amides is 1. The third-order valence-corrected chi connectivity index (χ3v) is 4.04. The molecule has 1 heterocycles. The van der Waals surface area contributed by atoms with Crippen LogP contribution in [0.4, 0.5) is 5.69 Å². The number of rotatable bonds is 7. The number of carbonyl (C=O) groups is 1. The zero-order valence-corrected chi connectivity index (χ0v) is 15.8. The number of hydrogen-bond donors (Lipinski definition) is 1. The SMILES string of the molecule is CCOc1ccc(NC(=O)c2cccn(OCc3cccc(C)c3)c2=O)cc1. The first-order valence-corrected chi connectivity index (χ1v) is 9.01. The summed E-state index contributed by atoms with van der Waals surface area (Å²) in [6.07, 6.45) is 1.49. The molecular weight excluding hydrogens is 356 g/mol. The summed E-state index contributed by atoms with van der Waals surface area (Å²) in [7, 11) is 0. The molecule has 0 saturated carbocycles. The first kappa shape index (κ1) is 19.2. The Morgan fingerprint density at radius 3 is 2.57 bits per heavy atom. The molecule has 0 aliphatic rings. The maximum atomic E-state index is 12.6. The van der Waals surface area contributed by atoms with Crippen molar-refractivity contribution < 1.29 is 14.4 Å². The van der Waals surface area contributed by atoms with Crippen LogP contribution in [0.15, 0.2) is 71.7 Å². The molecule has 1 N–H and O–H groups in total. The fraction of sp³-hybridized carbons (Fsp3) is 0.182. The molecule has 3 rings (SSSR count). The highest BCUT2D eigenvalue weighted by Crippen LogP contribution is 2.16. The number of anilines is 1. The van der Waals surface area contributed by atoms with E-state index < -0.39 is 11.5 Å². The lowest BCUT2D eigenvalue weighted by Crippen LogP contribution is -2.32. The van der Waals surface area contributed by atoms with Crippen LogP contribution in [-0.4, -0.2) is 17.2 Å². The number of aryl methyl sites for hydroxylation is 1. The molecule has 0 saturated heterocycles. The molecule has 2 aromatic carbocycles. The third kappa shape index (κ3) is 4.79. The Kier molecular flexibility index (Phi) is 6.11. The van der Waals surface area contributed by atoms with E-state index in [2.05, 4.69) is 5.32 Å². The molecule has 3 aromatic rings. The van der Waals surface area contributed by atoms with E-state index >= 15 is 0 Å². The summed E-state index contributed by atoms with van der Waals surface area (Å²) in [4.78, 5) is 30.7. The number of hydrogen-bond acceptors (Lipinski definition) is 4. The summed E-state index contributed by atoms with van der Waals surface area (Å²) < 4.78 is 6.45. The number of ether oxygens (including phenoxy) is 1. The van der Waals surface area contributed by atoms with Crippen molar-refractivity contribution in [2.75, 3.05) is 11.9 Å². The number of aromatic nitrogens is 1. The highest BCUT2D eigenvalue weighted by molar-refractivity contribution is 6.03. The zero-order chi connectivity index (χ0) is 19.9. The number of carbonyl (C=O) groups excluding carboxylic acids is 1. The molecule has 6 nitrogen and oxygen atoms in total. The van der Waals surface area contributed by atoms with E-state index in [1.807, 2.05) is 38.1 Å². The topological polar surface area (TPSA) is 69.6 Å². The van der Waals surface area contributed by atoms with Crippen molar-refractivity contribution in [2.45, 2.75) is 20.5 Å². The fourth-order valence-corrected chi connectivity index (χ4v) is 2.70. The standard InChI is InChI=1S/C22H22N2O4/c1-3-27-19-11-9-18(10-12-19)23-21(25)20-8-5-13-24(22(20)26)28-15-17-7-4-6-16(2)14-17/h4-14H,3,15H2,1-2H3,(H,23,25). The van der Waals surface area contributed by atoms with Crippen molar-refractivity contribution in [2.24, 2.45) is 0 Å². The summed E-state index contributed by atoms with van der Waals surface area (Å²) in [5.41, 5.74) is 2.11. The third-order valence-electron chi connectivity index (χ3n) is 4.04. The number of pyridine rings is 1. The minimum atomic E-state index is -0.515. The van der Waals surface area contributed by atoms with E-state index in [0.29, 0.717) is 18.0 Å². The summed E-state index contributed by atoms with van der Waals surface area (Å²) in [6, 6.07) is 17.8. The number of nitrogens with one attached hydrogen (secondary N) is 1. The molecular formula is C22H22N2O4. The summed E-state index contributed by atoms with van der Waals surface area (Å²) in [6.45, 7) is 4.68. The van der Waals surface area contributed by atoms with Gasteiger partial charge in [-0.2, -0.15) is 4.73 Å². The van der Waals surface area contributed by atoms with Crippen LogP contribution in [0.25, 0.3) is 0 Å². The first-order chi connectivity index (χ1) is 13.6. The summed E-state index contributed by atoms with van der Waals surface area (Å²) >= 11 is 0. The van der Waals surface area contributed by atoms with Crippen molar-refractivity contribution in [3.8, 4) is 5.75 Å². The minimum absolute atomic E-state index is 0.000581. The van der Waals surface area contributed by atoms with Crippen molar-refractivity contribution in [1.82, 2.24) is 4.73 Å². The van der Waals surface area contributed by atoms with Gasteiger partial charge in [0.25, 0.3) is 11.5 Å². The molecule has 0 unspecified atom stereocenters. The second kappa shape index (κ2) is 8.90. The van der Waals surface area contributed by atoms with E-state index in [1.165, 1.54) is 12.3 Å². The monoisotopic (exact) mass is 378 g/mol. The molecule has 0 spiro atoms. The maximum absolute atomic E-state index is 12.6. The molecule has 144 valence electrons. The van der Waals surface area contributed by atoms with E-state index in [1.54, 1.807) is 30.3 Å². The second-order valence-electron chi connectivity index (χ2n) is 6.23. The summed E-state index contributed by atoms with van der Waals surface area (Å²) in [5, 5.41) is 2.71. The highest BCUT2D eigenvalue weighted by atomic mass is 16.7. The van der Waals surface area contributed by atoms with Crippen LogP contribution in [0, 0.1) is 6.92 Å². The molecule has 1 aromatic heterocycles. The lowest BCUT2D eigenvalue weighted by atomic mass is 10.1. The fourth-order valence-electron chi connectivity index (χ4n) is 2.70. The van der Waals surface area contributed by atoms with Gasteiger partial charge in [0.15, 0.2) is 0 Å². The van der Waals surface area contributed by atoms with Crippen LogP contribution < -0.4 is 20.5 Å². The largest absolute Gasteiger partial charge is 0.494 e. The van der Waals surface area contributed by atoms with Crippen LogP contribution in [0.5, 0.6) is 5.75 Å². The molecule has 1 amide bonds. The molecule has 0 radical (unpaired) electrons. The lowest BCUT2D eigenvalue weighted by Gasteiger charge is -2.11. The Morgan fingerprint density at radius 2 is 1.86 bits per heavy atom. The second-order valence-corrected chi connectivity index (χ2v) is 6.23. The Labute approximate surface area is 163 Å². The molecule has 0 atom stereocenters. The van der Waals surface area contributed by atoms with Gasteiger partial charge in [-0.3, -0.25) is 9.59 Å². The average Bonchev–Trinajstić information content (AvgIpc) is 2.69. The Balaban J connectivity index is 1.70. The smallest absolute Gasteiger partial charge is 0.295 e. The van der Waals surface area contributed by atoms with Gasteiger partial charge in [0, 0.05) is 11.9 Å². The van der Waals surface area contributed by atoms with Gasteiger partial charge >= 0.3 is 0 Å². The first-order valence-electron chi connectivity index (χ1n) is 9.01. The summed E-state index contributed by atoms with van der Waals surface area (Å²) in [5.74, 6) is 0.217. The van der Waals surface area contributed by atoms with Gasteiger partial charge in [0.2, 0.25) is 0 Å². The van der Waals surface area contributed by atoms with Gasteiger partial charge in [-0.05, 0) is 55.8 Å². The Bertz CT molecular complexity index is 1010. The average molecular weight is 378 g/mol. The van der Waals surface area contributed by atoms with E-state index in [-0.39, 0.29) is 12.2 Å². The van der Waals surface area contributed by atoms with Crippen molar-refractivity contribution in [1.29, 1.82) is 0 Å².